The fraction of sp³-hybridized carbons (Fsp3) is 0.450. The highest BCUT2D eigenvalue weighted by Crippen LogP contribution is 2.31. The molecule has 6 nitrogen and oxygen atoms in total. The van der Waals surface area contributed by atoms with E-state index in [9.17, 15) is 4.79 Å². The molecule has 1 saturated carbocycles. The van der Waals surface area contributed by atoms with Gasteiger partial charge in [-0.1, -0.05) is 19.3 Å². The van der Waals surface area contributed by atoms with Crippen LogP contribution in [0, 0.1) is 0 Å². The predicted octanol–water partition coefficient (Wildman–Crippen LogP) is 3.97. The molecule has 4 rings (SSSR count). The van der Waals surface area contributed by atoms with Gasteiger partial charge in [0, 0.05) is 29.3 Å². The quantitative estimate of drug-likeness (QED) is 0.678. The number of aryl methyl sites for hydroxylation is 1. The summed E-state index contributed by atoms with van der Waals surface area (Å²) < 4.78 is 11.6. The third-order valence-electron chi connectivity index (χ3n) is 4.94. The lowest BCUT2D eigenvalue weighted by Crippen LogP contribution is -2.04. The summed E-state index contributed by atoms with van der Waals surface area (Å²) in [6.07, 6.45) is 7.71. The van der Waals surface area contributed by atoms with Crippen molar-refractivity contribution in [3.63, 3.8) is 0 Å². The van der Waals surface area contributed by atoms with Crippen LogP contribution in [0.25, 0.3) is 10.9 Å². The molecule has 0 bridgehead atoms. The number of aromatic nitrogens is 3. The maximum atomic E-state index is 11.3. The molecule has 0 unspecified atom stereocenters. The molecule has 136 valence electrons. The highest BCUT2D eigenvalue weighted by Gasteiger charge is 2.21. The highest BCUT2D eigenvalue weighted by atomic mass is 16.5. The normalized spacial score (nSPS) is 15.4. The molecule has 2 heterocycles. The average Bonchev–Trinajstić information content (AvgIpc) is 3.15. The number of hydrogen-bond donors (Lipinski definition) is 1. The lowest BCUT2D eigenvalue weighted by Gasteiger charge is -2.17. The molecule has 0 atom stereocenters. The van der Waals surface area contributed by atoms with E-state index in [0.29, 0.717) is 18.4 Å². The second kappa shape index (κ2) is 7.72. The first-order chi connectivity index (χ1) is 12.8. The van der Waals surface area contributed by atoms with Crippen LogP contribution in [-0.2, 0) is 6.42 Å². The van der Waals surface area contributed by atoms with Crippen LogP contribution >= 0.6 is 0 Å². The Morgan fingerprint density at radius 1 is 1.12 bits per heavy atom. The molecule has 3 aromatic rings. The maximum absolute atomic E-state index is 11.3. The van der Waals surface area contributed by atoms with E-state index in [2.05, 4.69) is 15.2 Å². The van der Waals surface area contributed by atoms with Crippen LogP contribution in [0.15, 0.2) is 39.5 Å². The number of H-pyrrole nitrogens is 1. The summed E-state index contributed by atoms with van der Waals surface area (Å²) in [4.78, 5) is 14.1. The molecule has 26 heavy (non-hydrogen) atoms. The molecule has 1 aromatic carbocycles. The Morgan fingerprint density at radius 2 is 2.00 bits per heavy atom. The van der Waals surface area contributed by atoms with Gasteiger partial charge in [0.2, 0.25) is 17.3 Å². The van der Waals surface area contributed by atoms with E-state index in [1.807, 2.05) is 18.2 Å². The van der Waals surface area contributed by atoms with E-state index >= 15 is 0 Å². The lowest BCUT2D eigenvalue weighted by molar-refractivity contribution is 0.300. The summed E-state index contributed by atoms with van der Waals surface area (Å²) >= 11 is 0. The smallest absolute Gasteiger partial charge is 0.248 e. The third-order valence-corrected chi connectivity index (χ3v) is 4.94. The van der Waals surface area contributed by atoms with Crippen molar-refractivity contribution in [2.24, 2.45) is 0 Å². The molecule has 1 aliphatic rings. The number of fused-ring (bicyclic) bond motifs is 1. The highest BCUT2D eigenvalue weighted by molar-refractivity contribution is 5.79. The standard InChI is InChI=1S/C20H23N3O3/c24-18-11-8-15-13-16(9-10-17(15)21-18)25-12-4-7-19-22-23-20(26-19)14-5-2-1-3-6-14/h8-11,13-14H,1-7,12H2,(H,21,24). The van der Waals surface area contributed by atoms with Crippen LogP contribution in [0.4, 0.5) is 0 Å². The topological polar surface area (TPSA) is 81.0 Å². The first-order valence-electron chi connectivity index (χ1n) is 9.36. The Bertz CT molecular complexity index is 925. The Morgan fingerprint density at radius 3 is 2.88 bits per heavy atom. The number of rotatable bonds is 6. The van der Waals surface area contributed by atoms with Crippen LogP contribution in [0.5, 0.6) is 5.75 Å². The molecule has 6 heteroatoms. The van der Waals surface area contributed by atoms with Gasteiger partial charge in [-0.25, -0.2) is 0 Å². The SMILES string of the molecule is O=c1ccc2cc(OCCCc3nnc(C4CCCCC4)o3)ccc2[nH]1. The molecule has 0 amide bonds. The summed E-state index contributed by atoms with van der Waals surface area (Å²) in [5.74, 6) is 2.75. The van der Waals surface area contributed by atoms with Crippen LogP contribution in [0.2, 0.25) is 0 Å². The van der Waals surface area contributed by atoms with Gasteiger partial charge in [-0.05, 0) is 43.5 Å². The average molecular weight is 353 g/mol. The maximum Gasteiger partial charge on any atom is 0.248 e. The molecular weight excluding hydrogens is 330 g/mol. The third kappa shape index (κ3) is 3.95. The van der Waals surface area contributed by atoms with E-state index in [-0.39, 0.29) is 5.56 Å². The number of pyridine rings is 1. The molecule has 1 aliphatic carbocycles. The van der Waals surface area contributed by atoms with Gasteiger partial charge in [0.15, 0.2) is 0 Å². The van der Waals surface area contributed by atoms with Crippen molar-refractivity contribution in [1.82, 2.24) is 15.2 Å². The second-order valence-electron chi connectivity index (χ2n) is 6.89. The van der Waals surface area contributed by atoms with Crippen molar-refractivity contribution in [3.8, 4) is 5.75 Å². The van der Waals surface area contributed by atoms with Gasteiger partial charge in [0.1, 0.15) is 5.75 Å². The molecule has 0 radical (unpaired) electrons. The molecule has 2 aromatic heterocycles. The molecule has 1 fully saturated rings. The van der Waals surface area contributed by atoms with Crippen molar-refractivity contribution in [1.29, 1.82) is 0 Å². The monoisotopic (exact) mass is 353 g/mol. The van der Waals surface area contributed by atoms with E-state index in [1.165, 1.54) is 25.3 Å². The molecule has 0 aliphatic heterocycles. The van der Waals surface area contributed by atoms with E-state index in [1.54, 1.807) is 6.07 Å². The summed E-state index contributed by atoms with van der Waals surface area (Å²) in [7, 11) is 0. The molecular formula is C20H23N3O3. The van der Waals surface area contributed by atoms with Crippen LogP contribution in [0.1, 0.15) is 56.2 Å². The number of ether oxygens (including phenoxy) is 1. The Kier molecular flexibility index (Phi) is 5.00. The zero-order valence-electron chi connectivity index (χ0n) is 14.7. The lowest BCUT2D eigenvalue weighted by atomic mass is 9.89. The van der Waals surface area contributed by atoms with Crippen molar-refractivity contribution >= 4 is 10.9 Å². The van der Waals surface area contributed by atoms with Crippen molar-refractivity contribution in [2.45, 2.75) is 50.9 Å². The summed E-state index contributed by atoms with van der Waals surface area (Å²) in [6.45, 7) is 0.579. The first-order valence-corrected chi connectivity index (χ1v) is 9.36. The van der Waals surface area contributed by atoms with Crippen LogP contribution in [0.3, 0.4) is 0 Å². The van der Waals surface area contributed by atoms with Gasteiger partial charge < -0.3 is 14.1 Å². The molecule has 0 spiro atoms. The fourth-order valence-corrected chi connectivity index (χ4v) is 3.52. The van der Waals surface area contributed by atoms with Crippen molar-refractivity contribution in [2.75, 3.05) is 6.61 Å². The van der Waals surface area contributed by atoms with Gasteiger partial charge >= 0.3 is 0 Å². The van der Waals surface area contributed by atoms with Gasteiger partial charge in [-0.2, -0.15) is 0 Å². The van der Waals surface area contributed by atoms with Gasteiger partial charge in [0.25, 0.3) is 0 Å². The number of nitrogens with one attached hydrogen (secondary N) is 1. The summed E-state index contributed by atoms with van der Waals surface area (Å²) in [5, 5.41) is 9.37. The van der Waals surface area contributed by atoms with Gasteiger partial charge in [0.05, 0.1) is 6.61 Å². The Labute approximate surface area is 151 Å². The number of nitrogens with zero attached hydrogens (tertiary/aromatic N) is 2. The van der Waals surface area contributed by atoms with Crippen molar-refractivity contribution < 1.29 is 9.15 Å². The number of hydrogen-bond acceptors (Lipinski definition) is 5. The zero-order chi connectivity index (χ0) is 17.8. The molecule has 1 N–H and O–H groups in total. The second-order valence-corrected chi connectivity index (χ2v) is 6.89. The molecule has 0 saturated heterocycles. The predicted molar refractivity (Wildman–Crippen MR) is 98.5 cm³/mol. The first kappa shape index (κ1) is 16.8. The van der Waals surface area contributed by atoms with Gasteiger partial charge in [-0.3, -0.25) is 4.79 Å². The van der Waals surface area contributed by atoms with E-state index in [0.717, 1.165) is 48.2 Å². The minimum absolute atomic E-state index is 0.0988. The summed E-state index contributed by atoms with van der Waals surface area (Å²) in [5.41, 5.74) is 0.712. The fourth-order valence-electron chi connectivity index (χ4n) is 3.52. The largest absolute Gasteiger partial charge is 0.494 e. The minimum Gasteiger partial charge on any atom is -0.494 e. The van der Waals surface area contributed by atoms with Crippen molar-refractivity contribution in [3.05, 3.63) is 52.5 Å². The zero-order valence-corrected chi connectivity index (χ0v) is 14.7. The Hall–Kier alpha value is -2.63. The Balaban J connectivity index is 1.28. The van der Waals surface area contributed by atoms with E-state index < -0.39 is 0 Å². The van der Waals surface area contributed by atoms with Crippen LogP contribution in [-0.4, -0.2) is 21.8 Å². The summed E-state index contributed by atoms with van der Waals surface area (Å²) in [6, 6.07) is 8.98. The van der Waals surface area contributed by atoms with Gasteiger partial charge in [-0.15, -0.1) is 10.2 Å². The number of benzene rings is 1. The minimum atomic E-state index is -0.0988. The van der Waals surface area contributed by atoms with E-state index in [4.69, 9.17) is 9.15 Å². The van der Waals surface area contributed by atoms with Crippen LogP contribution < -0.4 is 10.3 Å². The number of aromatic amines is 1.